The number of ether oxygens (including phenoxy) is 1. The topological polar surface area (TPSA) is 126 Å². The van der Waals surface area contributed by atoms with Gasteiger partial charge in [0.15, 0.2) is 21.5 Å². The zero-order valence-electron chi connectivity index (χ0n) is 19.4. The van der Waals surface area contributed by atoms with Crippen LogP contribution in [-0.2, 0) is 14.6 Å². The first-order valence-electron chi connectivity index (χ1n) is 10.9. The molecular formula is C23H25FN6O4S. The molecule has 35 heavy (non-hydrogen) atoms. The molecule has 184 valence electrons. The Morgan fingerprint density at radius 1 is 1.11 bits per heavy atom. The third-order valence-electron chi connectivity index (χ3n) is 5.46. The van der Waals surface area contributed by atoms with Gasteiger partial charge in [-0.1, -0.05) is 0 Å². The summed E-state index contributed by atoms with van der Waals surface area (Å²) >= 11 is 0. The van der Waals surface area contributed by atoms with E-state index >= 15 is 0 Å². The van der Waals surface area contributed by atoms with Crippen LogP contribution in [0.25, 0.3) is 22.8 Å². The zero-order valence-corrected chi connectivity index (χ0v) is 20.3. The van der Waals surface area contributed by atoms with Crippen molar-refractivity contribution in [3.8, 4) is 22.8 Å². The Morgan fingerprint density at radius 2 is 1.83 bits per heavy atom. The average molecular weight is 501 g/mol. The number of morpholine rings is 1. The van der Waals surface area contributed by atoms with Crippen LogP contribution in [-0.4, -0.2) is 68.5 Å². The van der Waals surface area contributed by atoms with Gasteiger partial charge in [-0.05, 0) is 49.4 Å². The highest BCUT2D eigenvalue weighted by molar-refractivity contribution is 7.90. The molecule has 2 N–H and O–H groups in total. The SMILES string of the molecule is CNC(=O)Nc1ccc(-c2nc(-c3cc(F)ccc3S(C)(=O)=O)nc(N3CCOCC3C)n2)cc1. The second kappa shape index (κ2) is 9.92. The van der Waals surface area contributed by atoms with Crippen molar-refractivity contribution in [2.75, 3.05) is 43.3 Å². The minimum atomic E-state index is -3.69. The fraction of sp³-hybridized carbons (Fsp3) is 0.304. The summed E-state index contributed by atoms with van der Waals surface area (Å²) in [6.07, 6.45) is 1.05. The van der Waals surface area contributed by atoms with E-state index in [4.69, 9.17) is 4.74 Å². The molecule has 2 amide bonds. The Morgan fingerprint density at radius 3 is 2.49 bits per heavy atom. The van der Waals surface area contributed by atoms with E-state index in [0.29, 0.717) is 37.0 Å². The van der Waals surface area contributed by atoms with E-state index in [1.54, 1.807) is 24.3 Å². The maximum atomic E-state index is 14.2. The van der Waals surface area contributed by atoms with Crippen LogP contribution in [0, 0.1) is 5.82 Å². The number of aromatic nitrogens is 3. The molecule has 4 rings (SSSR count). The maximum Gasteiger partial charge on any atom is 0.318 e. The lowest BCUT2D eigenvalue weighted by atomic mass is 10.1. The summed E-state index contributed by atoms with van der Waals surface area (Å²) < 4.78 is 44.6. The number of sulfone groups is 1. The molecule has 1 aliphatic rings. The molecular weight excluding hydrogens is 475 g/mol. The molecule has 0 bridgehead atoms. The number of benzene rings is 2. The van der Waals surface area contributed by atoms with Gasteiger partial charge in [-0.15, -0.1) is 0 Å². The number of hydrogen-bond donors (Lipinski definition) is 2. The van der Waals surface area contributed by atoms with Crippen molar-refractivity contribution >= 4 is 27.5 Å². The molecule has 0 aliphatic carbocycles. The monoisotopic (exact) mass is 500 g/mol. The van der Waals surface area contributed by atoms with Gasteiger partial charge in [-0.3, -0.25) is 0 Å². The van der Waals surface area contributed by atoms with Gasteiger partial charge < -0.3 is 20.3 Å². The Kier molecular flexibility index (Phi) is 6.94. The predicted octanol–water partition coefficient (Wildman–Crippen LogP) is 2.72. The van der Waals surface area contributed by atoms with Crippen LogP contribution in [0.3, 0.4) is 0 Å². The average Bonchev–Trinajstić information content (AvgIpc) is 2.83. The van der Waals surface area contributed by atoms with Crippen molar-refractivity contribution in [3.63, 3.8) is 0 Å². The molecule has 0 spiro atoms. The van der Waals surface area contributed by atoms with Crippen LogP contribution in [0.4, 0.5) is 20.8 Å². The second-order valence-corrected chi connectivity index (χ2v) is 10.1. The quantitative estimate of drug-likeness (QED) is 0.512. The van der Waals surface area contributed by atoms with Gasteiger partial charge >= 0.3 is 6.03 Å². The van der Waals surface area contributed by atoms with Crippen molar-refractivity contribution in [1.82, 2.24) is 20.3 Å². The van der Waals surface area contributed by atoms with Crippen molar-refractivity contribution in [1.29, 1.82) is 0 Å². The molecule has 1 unspecified atom stereocenters. The lowest BCUT2D eigenvalue weighted by molar-refractivity contribution is 0.0981. The first-order valence-corrected chi connectivity index (χ1v) is 12.7. The van der Waals surface area contributed by atoms with E-state index in [0.717, 1.165) is 18.4 Å². The van der Waals surface area contributed by atoms with E-state index in [9.17, 15) is 17.6 Å². The molecule has 12 heteroatoms. The Bertz CT molecular complexity index is 1350. The van der Waals surface area contributed by atoms with Gasteiger partial charge in [0.05, 0.1) is 24.2 Å². The van der Waals surface area contributed by atoms with E-state index in [2.05, 4.69) is 25.6 Å². The number of carbonyl (C=O) groups excluding carboxylic acids is 1. The number of carbonyl (C=O) groups is 1. The van der Waals surface area contributed by atoms with E-state index in [-0.39, 0.29) is 34.2 Å². The van der Waals surface area contributed by atoms with Crippen LogP contribution in [0.1, 0.15) is 6.92 Å². The summed E-state index contributed by atoms with van der Waals surface area (Å²) in [6, 6.07) is 9.84. The normalized spacial score (nSPS) is 16.1. The second-order valence-electron chi connectivity index (χ2n) is 8.09. The van der Waals surface area contributed by atoms with E-state index in [1.165, 1.54) is 13.1 Å². The first kappa shape index (κ1) is 24.5. The van der Waals surface area contributed by atoms with Crippen LogP contribution in [0.5, 0.6) is 0 Å². The summed E-state index contributed by atoms with van der Waals surface area (Å²) in [4.78, 5) is 27.1. The number of nitrogens with zero attached hydrogens (tertiary/aromatic N) is 4. The third-order valence-corrected chi connectivity index (χ3v) is 6.61. The molecule has 2 aromatic carbocycles. The highest BCUT2D eigenvalue weighted by atomic mass is 32.2. The Balaban J connectivity index is 1.86. The molecule has 1 aromatic heterocycles. The van der Waals surface area contributed by atoms with Gasteiger partial charge in [0, 0.05) is 36.7 Å². The Hall–Kier alpha value is -3.64. The van der Waals surface area contributed by atoms with Gasteiger partial charge in [-0.2, -0.15) is 9.97 Å². The van der Waals surface area contributed by atoms with Gasteiger partial charge in [0.2, 0.25) is 5.95 Å². The van der Waals surface area contributed by atoms with Crippen LogP contribution in [0.15, 0.2) is 47.4 Å². The lowest BCUT2D eigenvalue weighted by Crippen LogP contribution is -2.44. The largest absolute Gasteiger partial charge is 0.377 e. The molecule has 0 saturated carbocycles. The fourth-order valence-electron chi connectivity index (χ4n) is 3.66. The number of hydrogen-bond acceptors (Lipinski definition) is 8. The van der Waals surface area contributed by atoms with Gasteiger partial charge in [0.25, 0.3) is 0 Å². The number of halogens is 1. The minimum Gasteiger partial charge on any atom is -0.377 e. The molecule has 2 heterocycles. The van der Waals surface area contributed by atoms with Crippen molar-refractivity contribution in [2.45, 2.75) is 17.9 Å². The van der Waals surface area contributed by atoms with Crippen LogP contribution in [0.2, 0.25) is 0 Å². The van der Waals surface area contributed by atoms with Crippen molar-refractivity contribution < 1.29 is 22.3 Å². The predicted molar refractivity (Wildman–Crippen MR) is 129 cm³/mol. The summed E-state index contributed by atoms with van der Waals surface area (Å²) in [7, 11) is -2.18. The molecule has 0 radical (unpaired) electrons. The van der Waals surface area contributed by atoms with Gasteiger partial charge in [0.1, 0.15) is 5.82 Å². The van der Waals surface area contributed by atoms with Gasteiger partial charge in [-0.25, -0.2) is 22.6 Å². The third kappa shape index (κ3) is 5.54. The summed E-state index contributed by atoms with van der Waals surface area (Å²) in [5.74, 6) is 0.0347. The van der Waals surface area contributed by atoms with E-state index < -0.39 is 15.7 Å². The first-order chi connectivity index (χ1) is 16.7. The van der Waals surface area contributed by atoms with Crippen LogP contribution >= 0.6 is 0 Å². The number of rotatable bonds is 5. The van der Waals surface area contributed by atoms with Crippen LogP contribution < -0.4 is 15.5 Å². The lowest BCUT2D eigenvalue weighted by Gasteiger charge is -2.33. The summed E-state index contributed by atoms with van der Waals surface area (Å²) in [6.45, 7) is 3.45. The number of anilines is 2. The highest BCUT2D eigenvalue weighted by Crippen LogP contribution is 2.30. The highest BCUT2D eigenvalue weighted by Gasteiger charge is 2.25. The maximum absolute atomic E-state index is 14.2. The Labute approximate surface area is 202 Å². The molecule has 1 fully saturated rings. The van der Waals surface area contributed by atoms with E-state index in [1.807, 2.05) is 11.8 Å². The summed E-state index contributed by atoms with van der Waals surface area (Å²) in [5.41, 5.74) is 1.22. The zero-order chi connectivity index (χ0) is 25.2. The smallest absolute Gasteiger partial charge is 0.318 e. The standard InChI is InChI=1S/C23H25FN6O4S/c1-14-13-34-11-10-30(14)22-28-20(15-4-7-17(8-5-15)26-23(31)25-2)27-21(29-22)18-12-16(24)6-9-19(18)35(3,32)33/h4-9,12,14H,10-11,13H2,1-3H3,(H2,25,26,31). The molecule has 1 aliphatic heterocycles. The molecule has 1 saturated heterocycles. The molecule has 1 atom stereocenters. The van der Waals surface area contributed by atoms with Crippen molar-refractivity contribution in [2.24, 2.45) is 0 Å². The number of urea groups is 1. The van der Waals surface area contributed by atoms with Crippen molar-refractivity contribution in [3.05, 3.63) is 48.3 Å². The number of nitrogens with one attached hydrogen (secondary N) is 2. The number of amides is 2. The minimum absolute atomic E-state index is 0.0344. The molecule has 3 aromatic rings. The molecule has 10 nitrogen and oxygen atoms in total. The fourth-order valence-corrected chi connectivity index (χ4v) is 4.53. The summed E-state index contributed by atoms with van der Waals surface area (Å²) in [5, 5.41) is 5.15.